The summed E-state index contributed by atoms with van der Waals surface area (Å²) >= 11 is 0. The van der Waals surface area contributed by atoms with Gasteiger partial charge in [0, 0.05) is 0 Å². The molecule has 0 amide bonds. The van der Waals surface area contributed by atoms with Gasteiger partial charge in [0.15, 0.2) is 5.78 Å². The van der Waals surface area contributed by atoms with Crippen LogP contribution in [0.3, 0.4) is 0 Å². The van der Waals surface area contributed by atoms with Crippen LogP contribution in [0.4, 0.5) is 0 Å². The first kappa shape index (κ1) is 20.2. The first-order valence-electron chi connectivity index (χ1n) is 4.07. The zero-order chi connectivity index (χ0) is 12.9. The van der Waals surface area contributed by atoms with Crippen LogP contribution in [-0.4, -0.2) is 105 Å². The van der Waals surface area contributed by atoms with Crippen LogP contribution in [0.15, 0.2) is 0 Å². The molecule has 0 heterocycles. The molecule has 9 nitrogen and oxygen atoms in total. The Hall–Kier alpha value is 0.880. The maximum absolute atomic E-state index is 10.7. The van der Waals surface area contributed by atoms with Gasteiger partial charge in [-0.1, -0.05) is 0 Å². The molecule has 0 aliphatic heterocycles. The Bertz CT molecular complexity index is 279. The van der Waals surface area contributed by atoms with Crippen LogP contribution in [-0.2, 0) is 13.9 Å². The third-order valence-electron chi connectivity index (χ3n) is 1.62. The van der Waals surface area contributed by atoms with Crippen molar-refractivity contribution < 1.29 is 44.1 Å². The van der Waals surface area contributed by atoms with Crippen molar-refractivity contribution in [3.63, 3.8) is 0 Å². The van der Waals surface area contributed by atoms with Crippen LogP contribution in [0.2, 0.25) is 0 Å². The Labute approximate surface area is 126 Å². The topological polar surface area (TPSA) is 165 Å². The summed E-state index contributed by atoms with van der Waals surface area (Å²) in [4.78, 5) is 27.2. The number of aliphatic hydroxyl groups excluding tert-OH is 4. The second-order valence-electron chi connectivity index (χ2n) is 2.91. The van der Waals surface area contributed by atoms with E-state index in [1.807, 2.05) is 0 Å². The van der Waals surface area contributed by atoms with Gasteiger partial charge >= 0.3 is 45.6 Å². The van der Waals surface area contributed by atoms with Gasteiger partial charge in [0.25, 0.3) is 0 Å². The number of phosphoric acid groups is 1. The SMILES string of the molecule is O=C(CO)C(O)C(O)C(O)COP(=O)(O)O.[CaH2]. The summed E-state index contributed by atoms with van der Waals surface area (Å²) in [5.41, 5.74) is 0. The van der Waals surface area contributed by atoms with E-state index < -0.39 is 45.1 Å². The molecule has 0 aliphatic carbocycles. The molecule has 3 unspecified atom stereocenters. The Morgan fingerprint density at radius 1 is 1.24 bits per heavy atom. The summed E-state index contributed by atoms with van der Waals surface area (Å²) in [6.07, 6.45) is -5.94. The van der Waals surface area contributed by atoms with Crippen LogP contribution in [0.5, 0.6) is 0 Å². The summed E-state index contributed by atoms with van der Waals surface area (Å²) in [7, 11) is -4.81. The van der Waals surface area contributed by atoms with Crippen molar-refractivity contribution in [2.75, 3.05) is 13.2 Å². The number of carbonyl (C=O) groups excluding carboxylic acids is 1. The van der Waals surface area contributed by atoms with E-state index in [9.17, 15) is 9.36 Å². The monoisotopic (exact) mass is 302 g/mol. The van der Waals surface area contributed by atoms with Gasteiger partial charge in [-0.3, -0.25) is 9.32 Å². The third-order valence-corrected chi connectivity index (χ3v) is 2.10. The molecule has 0 aromatic heterocycles. The van der Waals surface area contributed by atoms with Gasteiger partial charge in [-0.2, -0.15) is 0 Å². The second kappa shape index (κ2) is 8.89. The van der Waals surface area contributed by atoms with Crippen molar-refractivity contribution in [3.05, 3.63) is 0 Å². The van der Waals surface area contributed by atoms with Gasteiger partial charge in [0.05, 0.1) is 6.61 Å². The summed E-state index contributed by atoms with van der Waals surface area (Å²) in [5, 5.41) is 35.6. The minimum atomic E-state index is -4.81. The molecule has 0 aliphatic rings. The second-order valence-corrected chi connectivity index (χ2v) is 4.15. The third kappa shape index (κ3) is 8.57. The average Bonchev–Trinajstić information content (AvgIpc) is 2.21. The summed E-state index contributed by atoms with van der Waals surface area (Å²) in [5.74, 6) is -1.14. The minimum absolute atomic E-state index is 0. The van der Waals surface area contributed by atoms with E-state index in [-0.39, 0.29) is 37.7 Å². The Balaban J connectivity index is 0. The molecular weight excluding hydrogens is 287 g/mol. The number of aliphatic hydroxyl groups is 4. The molecule has 0 aromatic rings. The quantitative estimate of drug-likeness (QED) is 0.202. The normalized spacial score (nSPS) is 16.8. The van der Waals surface area contributed by atoms with Crippen molar-refractivity contribution in [2.45, 2.75) is 18.3 Å². The molecule has 3 atom stereocenters. The van der Waals surface area contributed by atoms with Crippen LogP contribution >= 0.6 is 7.82 Å². The molecule has 0 aromatic carbocycles. The summed E-state index contributed by atoms with van der Waals surface area (Å²) < 4.78 is 14.1. The average molecular weight is 302 g/mol. The molecule has 0 fully saturated rings. The zero-order valence-corrected chi connectivity index (χ0v) is 8.90. The van der Waals surface area contributed by atoms with Crippen LogP contribution in [0.25, 0.3) is 0 Å². The maximum atomic E-state index is 10.7. The number of phosphoric ester groups is 1. The molecular formula is C6H15CaO9P. The first-order chi connectivity index (χ1) is 7.19. The Morgan fingerprint density at radius 3 is 2.06 bits per heavy atom. The van der Waals surface area contributed by atoms with Crippen molar-refractivity contribution in [2.24, 2.45) is 0 Å². The van der Waals surface area contributed by atoms with Crippen molar-refractivity contribution in [1.29, 1.82) is 0 Å². The molecule has 0 spiro atoms. The van der Waals surface area contributed by atoms with Gasteiger partial charge < -0.3 is 30.2 Å². The van der Waals surface area contributed by atoms with E-state index in [4.69, 9.17) is 30.2 Å². The van der Waals surface area contributed by atoms with Gasteiger partial charge in [-0.05, 0) is 0 Å². The molecule has 11 heteroatoms. The fourth-order valence-electron chi connectivity index (χ4n) is 0.766. The molecule has 0 saturated carbocycles. The van der Waals surface area contributed by atoms with Crippen molar-refractivity contribution in [1.82, 2.24) is 0 Å². The van der Waals surface area contributed by atoms with Gasteiger partial charge in [-0.25, -0.2) is 4.57 Å². The molecule has 0 saturated heterocycles. The standard InChI is InChI=1S/C6H13O9P.Ca.2H/c7-1-3(8)5(10)6(11)4(9)2-15-16(12,13)14;;;/h4-7,9-11H,1-2H2,(H2,12,13,14);;;. The summed E-state index contributed by atoms with van der Waals surface area (Å²) in [6.45, 7) is -2.01. The van der Waals surface area contributed by atoms with Crippen LogP contribution < -0.4 is 0 Å². The molecule has 100 valence electrons. The molecule has 17 heavy (non-hydrogen) atoms. The van der Waals surface area contributed by atoms with Gasteiger partial charge in [0.1, 0.15) is 24.9 Å². The fourth-order valence-corrected chi connectivity index (χ4v) is 1.11. The van der Waals surface area contributed by atoms with E-state index in [1.165, 1.54) is 0 Å². The van der Waals surface area contributed by atoms with Crippen LogP contribution in [0.1, 0.15) is 0 Å². The number of ketones is 1. The van der Waals surface area contributed by atoms with Crippen molar-refractivity contribution in [3.8, 4) is 0 Å². The number of rotatable bonds is 7. The van der Waals surface area contributed by atoms with E-state index in [0.717, 1.165) is 0 Å². The van der Waals surface area contributed by atoms with Gasteiger partial charge in [0.2, 0.25) is 0 Å². The predicted octanol–water partition coefficient (Wildman–Crippen LogP) is -4.18. The molecule has 6 N–H and O–H groups in total. The van der Waals surface area contributed by atoms with E-state index >= 15 is 0 Å². The fraction of sp³-hybridized carbons (Fsp3) is 0.833. The van der Waals surface area contributed by atoms with E-state index in [1.54, 1.807) is 0 Å². The molecule has 0 rings (SSSR count). The molecule has 0 radical (unpaired) electrons. The Kier molecular flexibility index (Phi) is 10.6. The van der Waals surface area contributed by atoms with E-state index in [0.29, 0.717) is 0 Å². The van der Waals surface area contributed by atoms with Gasteiger partial charge in [-0.15, -0.1) is 0 Å². The Morgan fingerprint density at radius 2 is 1.71 bits per heavy atom. The molecule has 0 bridgehead atoms. The first-order valence-corrected chi connectivity index (χ1v) is 5.60. The summed E-state index contributed by atoms with van der Waals surface area (Å²) in [6, 6.07) is 0. The van der Waals surface area contributed by atoms with Crippen LogP contribution in [0, 0.1) is 0 Å². The number of hydrogen-bond donors (Lipinski definition) is 6. The number of carbonyl (C=O) groups is 1. The zero-order valence-electron chi connectivity index (χ0n) is 8.00. The number of hydrogen-bond acceptors (Lipinski definition) is 7. The predicted molar refractivity (Wildman–Crippen MR) is 56.7 cm³/mol. The number of Topliss-reactive ketones (excluding diaryl/α,β-unsaturated/α-hetero) is 1. The van der Waals surface area contributed by atoms with Crippen molar-refractivity contribution >= 4 is 51.3 Å². The van der Waals surface area contributed by atoms with E-state index in [2.05, 4.69) is 4.52 Å².